The number of fused-ring (bicyclic) bond motifs is 1. The number of nitrogens with zero attached hydrogens (tertiary/aromatic N) is 5. The van der Waals surface area contributed by atoms with Gasteiger partial charge in [0, 0.05) is 32.3 Å². The second-order valence-electron chi connectivity index (χ2n) is 7.57. The topological polar surface area (TPSA) is 138 Å². The van der Waals surface area contributed by atoms with Crippen molar-refractivity contribution in [3.63, 3.8) is 0 Å². The van der Waals surface area contributed by atoms with Gasteiger partial charge in [0.2, 0.25) is 0 Å². The van der Waals surface area contributed by atoms with Crippen LogP contribution in [0.15, 0.2) is 23.3 Å². The average molecular weight is 534 g/mol. The highest BCUT2D eigenvalue weighted by molar-refractivity contribution is 7.99. The van der Waals surface area contributed by atoms with Gasteiger partial charge < -0.3 is 25.4 Å². The summed E-state index contributed by atoms with van der Waals surface area (Å²) in [6.45, 7) is -2.17. The summed E-state index contributed by atoms with van der Waals surface area (Å²) in [5.74, 6) is -3.03. The largest absolute Gasteiger partial charge is 0.394 e. The number of benzene rings is 1. The predicted molar refractivity (Wildman–Crippen MR) is 133 cm³/mol. The quantitative estimate of drug-likeness (QED) is 0.227. The second-order valence-corrected chi connectivity index (χ2v) is 8.43. The number of anilines is 1. The molecule has 12 heteroatoms. The third-order valence-electron chi connectivity index (χ3n) is 5.12. The Morgan fingerprint density at radius 1 is 1.36 bits per heavy atom. The Morgan fingerprint density at radius 3 is 2.97 bits per heavy atom. The SMILES string of the molecule is [2H]c1c([2H])c([C@H]2[C@H](Nc3nc(SC([2H])([2H])CC)nc4c3nnn4[C@]3([2H])C([2H])([2H])[C@]([2H])(OCC([2H])([2H])O)[C@@]([2H])(O)[C@@]3([2H])O)C2([2H])[2H])c([2H])c(F)c1C. The van der Waals surface area contributed by atoms with Crippen molar-refractivity contribution in [3.05, 3.63) is 35.1 Å². The van der Waals surface area contributed by atoms with E-state index in [1.807, 2.05) is 0 Å². The van der Waals surface area contributed by atoms with Crippen LogP contribution in [-0.4, -0.2) is 83.4 Å². The maximum atomic E-state index is 14.8. The van der Waals surface area contributed by atoms with E-state index >= 15 is 0 Å². The molecule has 4 N–H and O–H groups in total. The number of thioether (sulfide) groups is 1. The Kier molecular flexibility index (Phi) is 3.78. The normalized spacial score (nSPS) is 45.4. The van der Waals surface area contributed by atoms with E-state index in [4.69, 9.17) is 25.3 Å². The van der Waals surface area contributed by atoms with E-state index in [-0.39, 0.29) is 16.7 Å². The highest BCUT2D eigenvalue weighted by Gasteiger charge is 2.45. The van der Waals surface area contributed by atoms with E-state index in [1.54, 1.807) is 0 Å². The highest BCUT2D eigenvalue weighted by atomic mass is 32.2. The summed E-state index contributed by atoms with van der Waals surface area (Å²) in [5, 5.41) is 41.3. The third-order valence-corrected chi connectivity index (χ3v) is 5.92. The molecular weight excluding hydrogens is 487 g/mol. The van der Waals surface area contributed by atoms with Crippen molar-refractivity contribution in [1.82, 2.24) is 25.0 Å². The van der Waals surface area contributed by atoms with Gasteiger partial charge in [-0.1, -0.05) is 36.0 Å². The molecule has 194 valence electrons. The molecule has 2 fully saturated rings. The van der Waals surface area contributed by atoms with E-state index in [1.165, 1.54) is 13.8 Å². The van der Waals surface area contributed by atoms with Crippen LogP contribution in [0.2, 0.25) is 0 Å². The zero-order chi connectivity index (χ0) is 38.9. The molecule has 0 amide bonds. The molecule has 2 aliphatic rings. The van der Waals surface area contributed by atoms with Gasteiger partial charge in [-0.25, -0.2) is 19.0 Å². The Hall–Kier alpha value is -2.38. The van der Waals surface area contributed by atoms with Gasteiger partial charge in [-0.3, -0.25) is 0 Å². The molecule has 36 heavy (non-hydrogen) atoms. The number of aromatic nitrogens is 5. The zero-order valence-corrected chi connectivity index (χ0v) is 19.7. The van der Waals surface area contributed by atoms with Crippen molar-refractivity contribution in [3.8, 4) is 0 Å². The molecular formula is C24H31FN6O4S. The fourth-order valence-electron chi connectivity index (χ4n) is 3.31. The molecule has 6 atom stereocenters. The van der Waals surface area contributed by atoms with Crippen molar-refractivity contribution < 1.29 is 45.0 Å². The average Bonchev–Trinajstić information content (AvgIpc) is 3.29. The molecule has 0 radical (unpaired) electrons. The van der Waals surface area contributed by atoms with Crippen LogP contribution in [0.3, 0.4) is 0 Å². The summed E-state index contributed by atoms with van der Waals surface area (Å²) in [6.07, 6.45) is -18.5. The van der Waals surface area contributed by atoms with Gasteiger partial charge in [0.1, 0.15) is 18.0 Å². The first-order valence-electron chi connectivity index (χ1n) is 18.1. The molecule has 10 nitrogen and oxygen atoms in total. The van der Waals surface area contributed by atoms with Gasteiger partial charge in [-0.05, 0) is 36.9 Å². The molecule has 1 aromatic carbocycles. The summed E-state index contributed by atoms with van der Waals surface area (Å²) in [6, 6.07) is -7.23. The first-order valence-corrected chi connectivity index (χ1v) is 11.4. The Bertz CT molecular complexity index is 1890. The van der Waals surface area contributed by atoms with E-state index in [0.717, 1.165) is 0 Å². The fourth-order valence-corrected chi connectivity index (χ4v) is 3.85. The second kappa shape index (κ2) is 10.5. The van der Waals surface area contributed by atoms with E-state index in [9.17, 15) is 19.7 Å². The van der Waals surface area contributed by atoms with Gasteiger partial charge in [0.15, 0.2) is 22.1 Å². The van der Waals surface area contributed by atoms with Crippen LogP contribution >= 0.6 is 11.8 Å². The van der Waals surface area contributed by atoms with Crippen LogP contribution in [0.1, 0.15) is 69.7 Å². The number of nitrogens with one attached hydrogen (secondary N) is 1. The summed E-state index contributed by atoms with van der Waals surface area (Å²) >= 11 is 0.386. The molecule has 3 aromatic rings. The lowest BCUT2D eigenvalue weighted by Gasteiger charge is -2.17. The summed E-state index contributed by atoms with van der Waals surface area (Å²) < 4.78 is 144. The Morgan fingerprint density at radius 2 is 2.19 bits per heavy atom. The van der Waals surface area contributed by atoms with Gasteiger partial charge in [0.05, 0.1) is 37.6 Å². The van der Waals surface area contributed by atoms with E-state index in [0.29, 0.717) is 11.8 Å². The molecule has 0 unspecified atom stereocenters. The molecule has 0 spiro atoms. The van der Waals surface area contributed by atoms with Crippen LogP contribution in [0.25, 0.3) is 11.2 Å². The van der Waals surface area contributed by atoms with Gasteiger partial charge in [-0.2, -0.15) is 0 Å². The number of halogens is 1. The number of rotatable bonds is 10. The minimum Gasteiger partial charge on any atom is -0.394 e. The molecule has 5 rings (SSSR count). The first-order chi connectivity index (χ1) is 23.0. The number of hydrogen-bond donors (Lipinski definition) is 4. The summed E-state index contributed by atoms with van der Waals surface area (Å²) in [7, 11) is 0. The molecule has 0 bridgehead atoms. The molecule has 2 saturated carbocycles. The Balaban J connectivity index is 1.70. The monoisotopic (exact) mass is 533 g/mol. The maximum absolute atomic E-state index is 14.8. The van der Waals surface area contributed by atoms with Gasteiger partial charge in [-0.15, -0.1) is 5.10 Å². The Labute approximate surface area is 233 Å². The van der Waals surface area contributed by atoms with Gasteiger partial charge >= 0.3 is 0 Å². The van der Waals surface area contributed by atoms with Crippen molar-refractivity contribution in [2.45, 2.75) is 74.4 Å². The van der Waals surface area contributed by atoms with Crippen LogP contribution in [0.5, 0.6) is 0 Å². The third kappa shape index (κ3) is 4.92. The number of hydrogen-bond acceptors (Lipinski definition) is 10. The molecule has 2 aliphatic carbocycles. The van der Waals surface area contributed by atoms with E-state index < -0.39 is 119 Å². The first kappa shape index (κ1) is 12.9. The zero-order valence-electron chi connectivity index (χ0n) is 33.8. The van der Waals surface area contributed by atoms with Crippen LogP contribution in [-0.2, 0) is 4.74 Å². The number of ether oxygens (including phenoxy) is 1. The van der Waals surface area contributed by atoms with Crippen molar-refractivity contribution in [2.75, 3.05) is 24.2 Å². The van der Waals surface area contributed by atoms with Crippen LogP contribution < -0.4 is 5.32 Å². The predicted octanol–water partition coefficient (Wildman–Crippen LogP) is 2.18. The summed E-state index contributed by atoms with van der Waals surface area (Å²) in [5.41, 5.74) is -4.14. The highest BCUT2D eigenvalue weighted by Crippen LogP contribution is 2.44. The molecule has 2 aromatic heterocycles. The lowest BCUT2D eigenvalue weighted by molar-refractivity contribution is -0.0629. The number of aliphatic hydroxyl groups is 3. The van der Waals surface area contributed by atoms with Crippen molar-refractivity contribution in [1.29, 1.82) is 0 Å². The van der Waals surface area contributed by atoms with Gasteiger partial charge in [0.25, 0.3) is 0 Å². The lowest BCUT2D eigenvalue weighted by Crippen LogP contribution is -2.33. The lowest BCUT2D eigenvalue weighted by atomic mass is 10.1. The van der Waals surface area contributed by atoms with Crippen molar-refractivity contribution >= 4 is 28.7 Å². The smallest absolute Gasteiger partial charge is 0.191 e. The molecule has 0 saturated heterocycles. The minimum absolute atomic E-state index is 0.102. The van der Waals surface area contributed by atoms with Crippen molar-refractivity contribution in [2.24, 2.45) is 0 Å². The summed E-state index contributed by atoms with van der Waals surface area (Å²) in [4.78, 5) is 8.27. The van der Waals surface area contributed by atoms with Crippen LogP contribution in [0.4, 0.5) is 10.2 Å². The fraction of sp³-hybridized carbons (Fsp3) is 0.583. The molecule has 2 heterocycles. The standard InChI is InChI=1S/C24H31FN6O4S/c1-3-8-36-24-27-22(26-16-10-14(16)13-5-4-12(2)15(25)9-13)19-23(28-24)31(30-29-19)17-11-18(35-7-6-32)21(34)20(17)33/h4-5,9,14,16-18,20-21,32-34H,3,6-8,10-11H2,1-2H3,(H,26,27,28)/t14-,16+,17+,18-,20-,21+/m0/s1/i4D,5D,6D2,8D2,9D,10D2,11D2,17D,18D,20D,21D. The van der Waals surface area contributed by atoms with E-state index in [2.05, 4.69) is 25.6 Å². The van der Waals surface area contributed by atoms with Crippen LogP contribution in [0, 0.1) is 12.7 Å². The maximum Gasteiger partial charge on any atom is 0.191 e. The molecule has 0 aliphatic heterocycles. The minimum atomic E-state index is -4.13.